The lowest BCUT2D eigenvalue weighted by Crippen LogP contribution is -2.29. The smallest absolute Gasteiger partial charge is 0.337 e. The molecule has 0 saturated carbocycles. The normalized spacial score (nSPS) is 12.9. The molecule has 15 heavy (non-hydrogen) atoms. The Labute approximate surface area is 90.2 Å². The molecule has 0 radical (unpaired) electrons. The van der Waals surface area contributed by atoms with Crippen LogP contribution in [0, 0.1) is 0 Å². The molecular formula is C11H18O4. The van der Waals surface area contributed by atoms with Crippen LogP contribution in [0.5, 0.6) is 0 Å². The Morgan fingerprint density at radius 1 is 1.27 bits per heavy atom. The molecule has 0 aromatic carbocycles. The van der Waals surface area contributed by atoms with E-state index in [9.17, 15) is 9.59 Å². The third-order valence-electron chi connectivity index (χ3n) is 1.49. The van der Waals surface area contributed by atoms with Crippen molar-refractivity contribution < 1.29 is 19.1 Å². The third kappa shape index (κ3) is 5.88. The minimum Gasteiger partial charge on any atom is -0.458 e. The summed E-state index contributed by atoms with van der Waals surface area (Å²) in [6.07, 6.45) is -0.655. The standard InChI is InChI=1S/C11H18O4/c1-7(8(2)14-9(3)12)10(13)15-11(4,5)6/h8H,1H2,2-6H3. The Kier molecular flexibility index (Phi) is 4.52. The minimum atomic E-state index is -0.655. The van der Waals surface area contributed by atoms with Gasteiger partial charge in [-0.2, -0.15) is 0 Å². The van der Waals surface area contributed by atoms with E-state index in [0.29, 0.717) is 0 Å². The topological polar surface area (TPSA) is 52.6 Å². The van der Waals surface area contributed by atoms with E-state index in [1.165, 1.54) is 6.92 Å². The largest absolute Gasteiger partial charge is 0.458 e. The van der Waals surface area contributed by atoms with E-state index in [0.717, 1.165) is 0 Å². The zero-order valence-electron chi connectivity index (χ0n) is 9.92. The maximum atomic E-state index is 11.5. The molecule has 0 bridgehead atoms. The van der Waals surface area contributed by atoms with E-state index in [1.807, 2.05) is 0 Å². The van der Waals surface area contributed by atoms with Crippen LogP contribution in [-0.4, -0.2) is 23.6 Å². The molecule has 4 heteroatoms. The van der Waals surface area contributed by atoms with E-state index in [2.05, 4.69) is 6.58 Å². The third-order valence-corrected chi connectivity index (χ3v) is 1.49. The Bertz CT molecular complexity index is 273. The number of esters is 2. The van der Waals surface area contributed by atoms with Gasteiger partial charge in [0.2, 0.25) is 0 Å². The first kappa shape index (κ1) is 13.7. The molecule has 0 aromatic heterocycles. The van der Waals surface area contributed by atoms with Gasteiger partial charge in [-0.1, -0.05) is 6.58 Å². The molecule has 4 nitrogen and oxygen atoms in total. The highest BCUT2D eigenvalue weighted by atomic mass is 16.6. The summed E-state index contributed by atoms with van der Waals surface area (Å²) < 4.78 is 9.88. The number of rotatable bonds is 3. The van der Waals surface area contributed by atoms with Gasteiger partial charge < -0.3 is 9.47 Å². The maximum Gasteiger partial charge on any atom is 0.337 e. The van der Waals surface area contributed by atoms with Crippen LogP contribution in [0.25, 0.3) is 0 Å². The van der Waals surface area contributed by atoms with Gasteiger partial charge in [-0.25, -0.2) is 4.79 Å². The van der Waals surface area contributed by atoms with E-state index in [-0.39, 0.29) is 5.57 Å². The van der Waals surface area contributed by atoms with E-state index in [4.69, 9.17) is 9.47 Å². The van der Waals surface area contributed by atoms with Gasteiger partial charge in [0.25, 0.3) is 0 Å². The van der Waals surface area contributed by atoms with Crippen LogP contribution >= 0.6 is 0 Å². The molecule has 0 heterocycles. The summed E-state index contributed by atoms with van der Waals surface area (Å²) in [5, 5.41) is 0. The Balaban J connectivity index is 4.33. The van der Waals surface area contributed by atoms with Crippen molar-refractivity contribution in [1.29, 1.82) is 0 Å². The highest BCUT2D eigenvalue weighted by Gasteiger charge is 2.23. The van der Waals surface area contributed by atoms with E-state index < -0.39 is 23.6 Å². The second kappa shape index (κ2) is 4.96. The molecule has 86 valence electrons. The maximum absolute atomic E-state index is 11.5. The molecule has 1 unspecified atom stereocenters. The van der Waals surface area contributed by atoms with Crippen molar-refractivity contribution in [3.05, 3.63) is 12.2 Å². The minimum absolute atomic E-state index is 0.139. The molecular weight excluding hydrogens is 196 g/mol. The van der Waals surface area contributed by atoms with Crippen molar-refractivity contribution in [1.82, 2.24) is 0 Å². The van der Waals surface area contributed by atoms with E-state index >= 15 is 0 Å². The van der Waals surface area contributed by atoms with Crippen LogP contribution in [0.3, 0.4) is 0 Å². The van der Waals surface area contributed by atoms with Crippen LogP contribution in [0.2, 0.25) is 0 Å². The van der Waals surface area contributed by atoms with Crippen molar-refractivity contribution in [2.45, 2.75) is 46.3 Å². The fourth-order valence-electron chi connectivity index (χ4n) is 0.830. The summed E-state index contributed by atoms with van der Waals surface area (Å²) in [4.78, 5) is 22.1. The first-order valence-corrected chi connectivity index (χ1v) is 4.73. The summed E-state index contributed by atoms with van der Waals surface area (Å²) in [7, 11) is 0. The molecule has 1 atom stereocenters. The molecule has 0 amide bonds. The van der Waals surface area contributed by atoms with E-state index in [1.54, 1.807) is 27.7 Å². The van der Waals surface area contributed by atoms with Gasteiger partial charge >= 0.3 is 11.9 Å². The molecule has 0 fully saturated rings. The summed E-state index contributed by atoms with van der Waals surface area (Å²) in [5.74, 6) is -0.997. The molecule has 0 spiro atoms. The monoisotopic (exact) mass is 214 g/mol. The zero-order chi connectivity index (χ0) is 12.2. The number of ether oxygens (including phenoxy) is 2. The van der Waals surface area contributed by atoms with Crippen LogP contribution in [0.15, 0.2) is 12.2 Å². The van der Waals surface area contributed by atoms with Crippen LogP contribution in [0.4, 0.5) is 0 Å². The average molecular weight is 214 g/mol. The number of carbonyl (C=O) groups excluding carboxylic acids is 2. The zero-order valence-corrected chi connectivity index (χ0v) is 9.92. The van der Waals surface area contributed by atoms with Crippen molar-refractivity contribution in [3.8, 4) is 0 Å². The van der Waals surface area contributed by atoms with Crippen molar-refractivity contribution in [2.24, 2.45) is 0 Å². The highest BCUT2D eigenvalue weighted by Crippen LogP contribution is 2.13. The van der Waals surface area contributed by atoms with Gasteiger partial charge in [0.15, 0.2) is 0 Å². The van der Waals surface area contributed by atoms with Gasteiger partial charge in [0.1, 0.15) is 11.7 Å². The molecule has 0 rings (SSSR count). The predicted octanol–water partition coefficient (Wildman–Crippen LogP) is 1.84. The number of hydrogen-bond acceptors (Lipinski definition) is 4. The number of hydrogen-bond donors (Lipinski definition) is 0. The average Bonchev–Trinajstić information content (AvgIpc) is 1.98. The summed E-state index contributed by atoms with van der Waals surface area (Å²) in [5.41, 5.74) is -0.434. The fourth-order valence-corrected chi connectivity index (χ4v) is 0.830. The molecule has 0 saturated heterocycles. The van der Waals surface area contributed by atoms with Gasteiger partial charge in [-0.05, 0) is 27.7 Å². The van der Waals surface area contributed by atoms with Gasteiger partial charge in [-0.3, -0.25) is 4.79 Å². The summed E-state index contributed by atoms with van der Waals surface area (Å²) in [6.45, 7) is 11.7. The lowest BCUT2D eigenvalue weighted by molar-refractivity contribution is -0.153. The second-order valence-corrected chi connectivity index (χ2v) is 4.28. The Morgan fingerprint density at radius 2 is 1.73 bits per heavy atom. The Morgan fingerprint density at radius 3 is 2.07 bits per heavy atom. The molecule has 0 N–H and O–H groups in total. The Hall–Kier alpha value is -1.32. The second-order valence-electron chi connectivity index (χ2n) is 4.28. The van der Waals surface area contributed by atoms with Crippen molar-refractivity contribution in [2.75, 3.05) is 0 Å². The molecule has 0 aliphatic carbocycles. The quantitative estimate of drug-likeness (QED) is 0.531. The van der Waals surface area contributed by atoms with Gasteiger partial charge in [-0.15, -0.1) is 0 Å². The predicted molar refractivity (Wildman–Crippen MR) is 56.2 cm³/mol. The SMILES string of the molecule is C=C(C(=O)OC(C)(C)C)C(C)OC(C)=O. The van der Waals surface area contributed by atoms with Crippen LogP contribution in [-0.2, 0) is 19.1 Å². The van der Waals surface area contributed by atoms with Gasteiger partial charge in [0, 0.05) is 6.92 Å². The van der Waals surface area contributed by atoms with Crippen LogP contribution < -0.4 is 0 Å². The summed E-state index contributed by atoms with van der Waals surface area (Å²) >= 11 is 0. The lowest BCUT2D eigenvalue weighted by Gasteiger charge is -2.22. The summed E-state index contributed by atoms with van der Waals surface area (Å²) in [6, 6.07) is 0. The molecule has 0 aromatic rings. The van der Waals surface area contributed by atoms with Crippen LogP contribution in [0.1, 0.15) is 34.6 Å². The van der Waals surface area contributed by atoms with Gasteiger partial charge in [0.05, 0.1) is 5.57 Å². The fraction of sp³-hybridized carbons (Fsp3) is 0.636. The first-order chi connectivity index (χ1) is 6.63. The molecule has 0 aliphatic rings. The van der Waals surface area contributed by atoms with Crippen molar-refractivity contribution in [3.63, 3.8) is 0 Å². The lowest BCUT2D eigenvalue weighted by atomic mass is 10.1. The first-order valence-electron chi connectivity index (χ1n) is 4.73. The molecule has 0 aliphatic heterocycles. The number of carbonyl (C=O) groups is 2. The van der Waals surface area contributed by atoms with Crippen molar-refractivity contribution >= 4 is 11.9 Å². The highest BCUT2D eigenvalue weighted by molar-refractivity contribution is 5.89.